The molecule has 0 radical (unpaired) electrons. The number of benzene rings is 1. The number of ether oxygens (including phenoxy) is 1. The Morgan fingerprint density at radius 2 is 2.10 bits per heavy atom. The number of nitro groups is 1. The monoisotopic (exact) mass is 296 g/mol. The SMILES string of the molecule is CCN(Cc1ccc(OC)c([N+](=O)[O-])c1)C(C)(C)C(=O)O. The first kappa shape index (κ1) is 16.9. The van der Waals surface area contributed by atoms with Crippen LogP contribution in [0.25, 0.3) is 0 Å². The zero-order valence-corrected chi connectivity index (χ0v) is 12.6. The minimum absolute atomic E-state index is 0.126. The average molecular weight is 296 g/mol. The van der Waals surface area contributed by atoms with Crippen LogP contribution in [0.15, 0.2) is 18.2 Å². The lowest BCUT2D eigenvalue weighted by atomic mass is 10.0. The average Bonchev–Trinajstić information content (AvgIpc) is 2.43. The van der Waals surface area contributed by atoms with E-state index in [9.17, 15) is 20.0 Å². The Morgan fingerprint density at radius 1 is 1.48 bits per heavy atom. The van der Waals surface area contributed by atoms with Crippen LogP contribution < -0.4 is 4.74 Å². The highest BCUT2D eigenvalue weighted by Crippen LogP contribution is 2.29. The topological polar surface area (TPSA) is 92.9 Å². The molecule has 7 heteroatoms. The fraction of sp³-hybridized carbons (Fsp3) is 0.500. The zero-order valence-electron chi connectivity index (χ0n) is 12.6. The normalized spacial score (nSPS) is 11.5. The van der Waals surface area contributed by atoms with E-state index >= 15 is 0 Å². The molecule has 0 bridgehead atoms. The van der Waals surface area contributed by atoms with Gasteiger partial charge in [0.25, 0.3) is 0 Å². The van der Waals surface area contributed by atoms with Gasteiger partial charge < -0.3 is 9.84 Å². The molecule has 0 amide bonds. The first-order valence-electron chi connectivity index (χ1n) is 6.53. The number of carboxylic acids is 1. The molecular weight excluding hydrogens is 276 g/mol. The minimum Gasteiger partial charge on any atom is -0.490 e. The van der Waals surface area contributed by atoms with Gasteiger partial charge >= 0.3 is 11.7 Å². The molecule has 0 fully saturated rings. The van der Waals surface area contributed by atoms with Gasteiger partial charge in [-0.1, -0.05) is 13.0 Å². The molecule has 7 nitrogen and oxygen atoms in total. The number of carboxylic acid groups (broad SMARTS) is 1. The van der Waals surface area contributed by atoms with E-state index in [1.165, 1.54) is 19.2 Å². The first-order valence-corrected chi connectivity index (χ1v) is 6.53. The van der Waals surface area contributed by atoms with E-state index in [-0.39, 0.29) is 11.4 Å². The number of likely N-dealkylation sites (N-methyl/N-ethyl adjacent to an activating group) is 1. The molecular formula is C14H20N2O5. The highest BCUT2D eigenvalue weighted by atomic mass is 16.6. The minimum atomic E-state index is -1.05. The van der Waals surface area contributed by atoms with Crippen LogP contribution in [0.2, 0.25) is 0 Å². The molecule has 116 valence electrons. The van der Waals surface area contributed by atoms with E-state index in [0.29, 0.717) is 18.7 Å². The van der Waals surface area contributed by atoms with E-state index in [2.05, 4.69) is 0 Å². The fourth-order valence-electron chi connectivity index (χ4n) is 2.04. The van der Waals surface area contributed by atoms with Crippen LogP contribution in [-0.2, 0) is 11.3 Å². The third-order valence-electron chi connectivity index (χ3n) is 3.51. The number of aliphatic carboxylic acids is 1. The number of methoxy groups -OCH3 is 1. The molecule has 0 spiro atoms. The molecule has 1 aromatic rings. The van der Waals surface area contributed by atoms with Gasteiger partial charge in [-0.25, -0.2) is 0 Å². The Labute approximate surface area is 123 Å². The lowest BCUT2D eigenvalue weighted by molar-refractivity contribution is -0.385. The van der Waals surface area contributed by atoms with E-state index in [4.69, 9.17) is 4.74 Å². The van der Waals surface area contributed by atoms with Crippen molar-refractivity contribution in [3.8, 4) is 5.75 Å². The van der Waals surface area contributed by atoms with Crippen molar-refractivity contribution in [1.29, 1.82) is 0 Å². The molecule has 0 aromatic heterocycles. The third kappa shape index (κ3) is 3.69. The standard InChI is InChI=1S/C14H20N2O5/c1-5-15(14(2,3)13(17)18)9-10-6-7-12(21-4)11(8-10)16(19)20/h6-8H,5,9H2,1-4H3,(H,17,18). The molecule has 1 N–H and O–H groups in total. The molecule has 0 atom stereocenters. The van der Waals surface area contributed by atoms with Gasteiger partial charge in [-0.2, -0.15) is 0 Å². The predicted molar refractivity (Wildman–Crippen MR) is 77.4 cm³/mol. The van der Waals surface area contributed by atoms with E-state index in [1.807, 2.05) is 6.92 Å². The molecule has 1 aromatic carbocycles. The van der Waals surface area contributed by atoms with Gasteiger partial charge in [0.1, 0.15) is 5.54 Å². The number of nitrogens with zero attached hydrogens (tertiary/aromatic N) is 2. The highest BCUT2D eigenvalue weighted by Gasteiger charge is 2.33. The molecule has 0 saturated carbocycles. The van der Waals surface area contributed by atoms with Gasteiger partial charge in [-0.3, -0.25) is 19.8 Å². The molecule has 1 rings (SSSR count). The lowest BCUT2D eigenvalue weighted by Crippen LogP contribution is -2.49. The van der Waals surface area contributed by atoms with Crippen molar-refractivity contribution < 1.29 is 19.6 Å². The summed E-state index contributed by atoms with van der Waals surface area (Å²) in [6.45, 7) is 5.88. The number of rotatable bonds is 7. The molecule has 0 aliphatic heterocycles. The van der Waals surface area contributed by atoms with Crippen molar-refractivity contribution >= 4 is 11.7 Å². The van der Waals surface area contributed by atoms with Gasteiger partial charge in [0, 0.05) is 12.6 Å². The van der Waals surface area contributed by atoms with Crippen molar-refractivity contribution in [3.05, 3.63) is 33.9 Å². The van der Waals surface area contributed by atoms with Crippen LogP contribution in [0.4, 0.5) is 5.69 Å². The second kappa shape index (κ2) is 6.53. The van der Waals surface area contributed by atoms with Crippen LogP contribution in [0, 0.1) is 10.1 Å². The summed E-state index contributed by atoms with van der Waals surface area (Å²) < 4.78 is 4.95. The summed E-state index contributed by atoms with van der Waals surface area (Å²) in [6, 6.07) is 4.64. The van der Waals surface area contributed by atoms with Crippen LogP contribution in [-0.4, -0.2) is 40.1 Å². The Morgan fingerprint density at radius 3 is 2.52 bits per heavy atom. The third-order valence-corrected chi connectivity index (χ3v) is 3.51. The maximum absolute atomic E-state index is 11.3. The maximum Gasteiger partial charge on any atom is 0.323 e. The second-order valence-corrected chi connectivity index (χ2v) is 5.14. The molecule has 0 unspecified atom stereocenters. The van der Waals surface area contributed by atoms with Crippen LogP contribution in [0.5, 0.6) is 5.75 Å². The van der Waals surface area contributed by atoms with Gasteiger partial charge in [0.2, 0.25) is 0 Å². The van der Waals surface area contributed by atoms with E-state index in [1.54, 1.807) is 24.8 Å². The van der Waals surface area contributed by atoms with Gasteiger partial charge in [0.15, 0.2) is 5.75 Å². The predicted octanol–water partition coefficient (Wildman–Crippen LogP) is 2.29. The Balaban J connectivity index is 3.09. The van der Waals surface area contributed by atoms with Gasteiger partial charge in [-0.05, 0) is 32.0 Å². The summed E-state index contributed by atoms with van der Waals surface area (Å²) in [5.41, 5.74) is -0.512. The smallest absolute Gasteiger partial charge is 0.323 e. The maximum atomic E-state index is 11.3. The first-order chi connectivity index (χ1) is 9.73. The zero-order chi connectivity index (χ0) is 16.2. The van der Waals surface area contributed by atoms with Crippen molar-refractivity contribution in [2.24, 2.45) is 0 Å². The second-order valence-electron chi connectivity index (χ2n) is 5.14. The number of nitro benzene ring substituents is 1. The van der Waals surface area contributed by atoms with E-state index < -0.39 is 16.4 Å². The molecule has 0 saturated heterocycles. The lowest BCUT2D eigenvalue weighted by Gasteiger charge is -2.34. The molecule has 0 heterocycles. The Hall–Kier alpha value is -2.15. The number of hydrogen-bond acceptors (Lipinski definition) is 5. The van der Waals surface area contributed by atoms with Crippen molar-refractivity contribution in [3.63, 3.8) is 0 Å². The van der Waals surface area contributed by atoms with Crippen molar-refractivity contribution in [2.75, 3.05) is 13.7 Å². The van der Waals surface area contributed by atoms with Crippen molar-refractivity contribution in [1.82, 2.24) is 4.90 Å². The molecule has 0 aliphatic rings. The van der Waals surface area contributed by atoms with Gasteiger partial charge in [0.05, 0.1) is 12.0 Å². The van der Waals surface area contributed by atoms with Crippen LogP contribution in [0.1, 0.15) is 26.3 Å². The quantitative estimate of drug-likeness (QED) is 0.613. The highest BCUT2D eigenvalue weighted by molar-refractivity contribution is 5.77. The van der Waals surface area contributed by atoms with E-state index in [0.717, 1.165) is 0 Å². The Bertz CT molecular complexity index is 542. The largest absolute Gasteiger partial charge is 0.490 e. The summed E-state index contributed by atoms with van der Waals surface area (Å²) in [6.07, 6.45) is 0. The summed E-state index contributed by atoms with van der Waals surface area (Å²) >= 11 is 0. The summed E-state index contributed by atoms with van der Waals surface area (Å²) in [7, 11) is 1.37. The fourth-order valence-corrected chi connectivity index (χ4v) is 2.04. The van der Waals surface area contributed by atoms with Gasteiger partial charge in [-0.15, -0.1) is 0 Å². The van der Waals surface area contributed by atoms with Crippen molar-refractivity contribution in [2.45, 2.75) is 32.9 Å². The number of hydrogen-bond donors (Lipinski definition) is 1. The number of carbonyl (C=O) groups is 1. The summed E-state index contributed by atoms with van der Waals surface area (Å²) in [5, 5.41) is 20.3. The van der Waals surface area contributed by atoms with Crippen LogP contribution >= 0.6 is 0 Å². The summed E-state index contributed by atoms with van der Waals surface area (Å²) in [5.74, 6) is -0.753. The Kier molecular flexibility index (Phi) is 5.26. The van der Waals surface area contributed by atoms with Crippen LogP contribution in [0.3, 0.4) is 0 Å². The molecule has 0 aliphatic carbocycles. The molecule has 21 heavy (non-hydrogen) atoms. The summed E-state index contributed by atoms with van der Waals surface area (Å²) in [4.78, 5) is 23.6.